The summed E-state index contributed by atoms with van der Waals surface area (Å²) in [7, 11) is 0. The minimum atomic E-state index is -0.145. The molecule has 2 unspecified atom stereocenters. The van der Waals surface area contributed by atoms with Gasteiger partial charge in [0.25, 0.3) is 0 Å². The predicted molar refractivity (Wildman–Crippen MR) is 85.1 cm³/mol. The second-order valence-corrected chi connectivity index (χ2v) is 6.31. The average Bonchev–Trinajstić information content (AvgIpc) is 2.91. The Morgan fingerprint density at radius 3 is 2.79 bits per heavy atom. The molecular formula is C14H15BrClNOS. The molecule has 0 aliphatic heterocycles. The van der Waals surface area contributed by atoms with Gasteiger partial charge in [-0.25, -0.2) is 0 Å². The maximum atomic E-state index is 6.17. The van der Waals surface area contributed by atoms with Crippen molar-refractivity contribution >= 4 is 38.9 Å². The van der Waals surface area contributed by atoms with Gasteiger partial charge >= 0.3 is 0 Å². The molecule has 0 saturated heterocycles. The van der Waals surface area contributed by atoms with Crippen LogP contribution in [0.3, 0.4) is 0 Å². The van der Waals surface area contributed by atoms with E-state index >= 15 is 0 Å². The fourth-order valence-corrected chi connectivity index (χ4v) is 3.22. The van der Waals surface area contributed by atoms with Crippen LogP contribution in [0.5, 0.6) is 5.75 Å². The Labute approximate surface area is 130 Å². The average molecular weight is 361 g/mol. The van der Waals surface area contributed by atoms with Gasteiger partial charge in [-0.05, 0) is 57.4 Å². The lowest BCUT2D eigenvalue weighted by molar-refractivity contribution is 0.170. The van der Waals surface area contributed by atoms with Crippen LogP contribution in [-0.2, 0) is 0 Å². The number of halogens is 2. The van der Waals surface area contributed by atoms with Gasteiger partial charge in [-0.3, -0.25) is 0 Å². The van der Waals surface area contributed by atoms with Gasteiger partial charge in [-0.15, -0.1) is 0 Å². The summed E-state index contributed by atoms with van der Waals surface area (Å²) < 4.78 is 6.91. The molecule has 2 aromatic rings. The Bertz CT molecular complexity index is 532. The van der Waals surface area contributed by atoms with E-state index in [9.17, 15) is 0 Å². The third kappa shape index (κ3) is 3.72. The van der Waals surface area contributed by atoms with Crippen molar-refractivity contribution < 1.29 is 4.74 Å². The lowest BCUT2D eigenvalue weighted by atomic mass is 10.0. The van der Waals surface area contributed by atoms with Crippen LogP contribution in [0, 0.1) is 0 Å². The van der Waals surface area contributed by atoms with Gasteiger partial charge < -0.3 is 10.5 Å². The summed E-state index contributed by atoms with van der Waals surface area (Å²) in [4.78, 5) is 0. The molecule has 0 aliphatic carbocycles. The van der Waals surface area contributed by atoms with Crippen molar-refractivity contribution in [3.63, 3.8) is 0 Å². The van der Waals surface area contributed by atoms with E-state index in [0.717, 1.165) is 22.2 Å². The van der Waals surface area contributed by atoms with Gasteiger partial charge in [-0.1, -0.05) is 18.5 Å². The van der Waals surface area contributed by atoms with E-state index in [2.05, 4.69) is 34.3 Å². The molecule has 5 heteroatoms. The van der Waals surface area contributed by atoms with Crippen LogP contribution in [0.1, 0.15) is 25.0 Å². The minimum Gasteiger partial charge on any atom is -0.483 e. The zero-order valence-electron chi connectivity index (χ0n) is 10.5. The van der Waals surface area contributed by atoms with Gasteiger partial charge in [0, 0.05) is 16.6 Å². The highest BCUT2D eigenvalue weighted by molar-refractivity contribution is 9.10. The molecule has 0 amide bonds. The Kier molecular flexibility index (Phi) is 5.28. The van der Waals surface area contributed by atoms with E-state index in [1.807, 2.05) is 23.6 Å². The molecule has 0 fully saturated rings. The predicted octanol–water partition coefficient (Wildman–Crippen LogP) is 5.02. The van der Waals surface area contributed by atoms with Crippen LogP contribution in [0.25, 0.3) is 0 Å². The molecule has 2 nitrogen and oxygen atoms in total. The van der Waals surface area contributed by atoms with Crippen molar-refractivity contribution in [3.05, 3.63) is 50.1 Å². The minimum absolute atomic E-state index is 0.0443. The van der Waals surface area contributed by atoms with E-state index in [1.165, 1.54) is 0 Å². The van der Waals surface area contributed by atoms with Crippen molar-refractivity contribution in [1.29, 1.82) is 0 Å². The molecule has 1 heterocycles. The van der Waals surface area contributed by atoms with Gasteiger partial charge in [0.2, 0.25) is 0 Å². The monoisotopic (exact) mass is 359 g/mol. The maximum Gasteiger partial charge on any atom is 0.140 e. The van der Waals surface area contributed by atoms with E-state index in [4.69, 9.17) is 22.1 Å². The third-order valence-electron chi connectivity index (χ3n) is 2.88. The van der Waals surface area contributed by atoms with Crippen molar-refractivity contribution in [2.24, 2.45) is 5.73 Å². The smallest absolute Gasteiger partial charge is 0.140 e. The Balaban J connectivity index is 2.25. The van der Waals surface area contributed by atoms with Gasteiger partial charge in [0.15, 0.2) is 0 Å². The molecule has 1 aromatic heterocycles. The molecule has 102 valence electrons. The maximum absolute atomic E-state index is 6.17. The number of benzene rings is 1. The summed E-state index contributed by atoms with van der Waals surface area (Å²) >= 11 is 11.0. The normalized spacial score (nSPS) is 14.1. The van der Waals surface area contributed by atoms with Crippen molar-refractivity contribution in [2.75, 3.05) is 0 Å². The second-order valence-electron chi connectivity index (χ2n) is 4.24. The van der Waals surface area contributed by atoms with Crippen LogP contribution in [0.15, 0.2) is 39.5 Å². The lowest BCUT2D eigenvalue weighted by Crippen LogP contribution is -2.31. The summed E-state index contributed by atoms with van der Waals surface area (Å²) in [5, 5.41) is 4.78. The highest BCUT2D eigenvalue weighted by Gasteiger charge is 2.21. The molecule has 1 aromatic carbocycles. The molecule has 2 N–H and O–H groups in total. The van der Waals surface area contributed by atoms with Gasteiger partial charge in [0.1, 0.15) is 11.9 Å². The van der Waals surface area contributed by atoms with Crippen molar-refractivity contribution in [2.45, 2.75) is 25.5 Å². The quantitative estimate of drug-likeness (QED) is 0.812. The van der Waals surface area contributed by atoms with Crippen molar-refractivity contribution in [3.8, 4) is 5.75 Å². The zero-order chi connectivity index (χ0) is 13.8. The van der Waals surface area contributed by atoms with Crippen LogP contribution >= 0.6 is 38.9 Å². The molecular weight excluding hydrogens is 346 g/mol. The van der Waals surface area contributed by atoms with E-state index in [0.29, 0.717) is 5.02 Å². The summed E-state index contributed by atoms with van der Waals surface area (Å²) in [5.41, 5.74) is 7.29. The number of hydrogen-bond acceptors (Lipinski definition) is 3. The summed E-state index contributed by atoms with van der Waals surface area (Å²) in [6.07, 6.45) is 0.708. The number of rotatable bonds is 5. The first-order chi connectivity index (χ1) is 9.11. The van der Waals surface area contributed by atoms with Gasteiger partial charge in [0.05, 0.1) is 4.47 Å². The largest absolute Gasteiger partial charge is 0.483 e. The summed E-state index contributed by atoms with van der Waals surface area (Å²) in [5.74, 6) is 0.754. The topological polar surface area (TPSA) is 35.2 Å². The SMILES string of the molecule is CCC(N)C(Oc1ccc(Cl)cc1Br)c1ccsc1. The van der Waals surface area contributed by atoms with Gasteiger partial charge in [-0.2, -0.15) is 11.3 Å². The molecule has 0 saturated carbocycles. The molecule has 19 heavy (non-hydrogen) atoms. The zero-order valence-corrected chi connectivity index (χ0v) is 13.6. The first-order valence-electron chi connectivity index (χ1n) is 6.01. The summed E-state index contributed by atoms with van der Waals surface area (Å²) in [6, 6.07) is 7.49. The molecule has 0 aliphatic rings. The fraction of sp³-hybridized carbons (Fsp3) is 0.286. The first-order valence-corrected chi connectivity index (χ1v) is 8.12. The van der Waals surface area contributed by atoms with E-state index in [1.54, 1.807) is 11.3 Å². The highest BCUT2D eigenvalue weighted by Crippen LogP contribution is 2.33. The van der Waals surface area contributed by atoms with Crippen molar-refractivity contribution in [1.82, 2.24) is 0 Å². The standard InChI is InChI=1S/C14H15BrClNOS/c1-2-12(17)14(9-5-6-19-8-9)18-13-4-3-10(16)7-11(13)15/h3-8,12,14H,2,17H2,1H3. The van der Waals surface area contributed by atoms with Crippen LogP contribution < -0.4 is 10.5 Å². The molecule has 0 spiro atoms. The second kappa shape index (κ2) is 6.75. The molecule has 0 bridgehead atoms. The Hall–Kier alpha value is -0.550. The van der Waals surface area contributed by atoms with Crippen LogP contribution in [-0.4, -0.2) is 6.04 Å². The first kappa shape index (κ1) is 14.9. The van der Waals surface area contributed by atoms with E-state index < -0.39 is 0 Å². The number of thiophene rings is 1. The van der Waals surface area contributed by atoms with Crippen LogP contribution in [0.4, 0.5) is 0 Å². The highest BCUT2D eigenvalue weighted by atomic mass is 79.9. The number of hydrogen-bond donors (Lipinski definition) is 1. The fourth-order valence-electron chi connectivity index (χ4n) is 1.76. The van der Waals surface area contributed by atoms with Crippen LogP contribution in [0.2, 0.25) is 5.02 Å². The molecule has 0 radical (unpaired) electrons. The lowest BCUT2D eigenvalue weighted by Gasteiger charge is -2.24. The Morgan fingerprint density at radius 1 is 1.42 bits per heavy atom. The summed E-state index contributed by atoms with van der Waals surface area (Å²) in [6.45, 7) is 2.06. The van der Waals surface area contributed by atoms with E-state index in [-0.39, 0.29) is 12.1 Å². The third-order valence-corrected chi connectivity index (χ3v) is 4.44. The number of nitrogens with two attached hydrogens (primary N) is 1. The Morgan fingerprint density at radius 2 is 2.21 bits per heavy atom. The number of ether oxygens (including phenoxy) is 1. The molecule has 2 rings (SSSR count). The molecule has 2 atom stereocenters.